The molecule has 0 aliphatic heterocycles. The lowest BCUT2D eigenvalue weighted by Gasteiger charge is -2.37. The fourth-order valence-corrected chi connectivity index (χ4v) is 1.89. The van der Waals surface area contributed by atoms with Gasteiger partial charge in [-0.2, -0.15) is 0 Å². The van der Waals surface area contributed by atoms with E-state index in [1.165, 1.54) is 0 Å². The van der Waals surface area contributed by atoms with Crippen molar-refractivity contribution in [2.75, 3.05) is 0 Å². The van der Waals surface area contributed by atoms with Gasteiger partial charge < -0.3 is 0 Å². The van der Waals surface area contributed by atoms with Crippen LogP contribution < -0.4 is 0 Å². The Labute approximate surface area is 59.6 Å². The molecule has 2 rings (SSSR count). The first-order valence-corrected chi connectivity index (χ1v) is 3.84. The third kappa shape index (κ3) is 0.648. The molecule has 0 aromatic carbocycles. The molecular weight excluding hydrogens is 128 g/mol. The van der Waals surface area contributed by atoms with Gasteiger partial charge in [0.05, 0.1) is 0 Å². The number of carbonyl (C=O) groups excluding carboxylic acids is 2. The Kier molecular flexibility index (Phi) is 1.16. The summed E-state index contributed by atoms with van der Waals surface area (Å²) in [7, 11) is 0. The molecule has 0 unspecified atom stereocenters. The zero-order chi connectivity index (χ0) is 7.14. The van der Waals surface area contributed by atoms with Gasteiger partial charge in [-0.25, -0.2) is 0 Å². The largest absolute Gasteiger partial charge is 0.299 e. The van der Waals surface area contributed by atoms with E-state index >= 15 is 0 Å². The van der Waals surface area contributed by atoms with Crippen LogP contribution in [0.3, 0.4) is 0 Å². The SMILES string of the molecule is O=C1CCC(=O)[C@@H]2CC[C@@H]12. The molecule has 2 saturated carbocycles. The van der Waals surface area contributed by atoms with Crippen LogP contribution in [0.5, 0.6) is 0 Å². The van der Waals surface area contributed by atoms with Crippen LogP contribution in [0.15, 0.2) is 0 Å². The standard InChI is InChI=1S/C8H10O2/c9-7-3-4-8(10)6-2-1-5(6)7/h5-6H,1-4H2/t5-,6-/m1/s1. The second-order valence-electron chi connectivity index (χ2n) is 3.22. The van der Waals surface area contributed by atoms with Crippen LogP contribution in [0.2, 0.25) is 0 Å². The molecule has 2 aliphatic rings. The van der Waals surface area contributed by atoms with E-state index in [1.807, 2.05) is 0 Å². The van der Waals surface area contributed by atoms with Crippen molar-refractivity contribution >= 4 is 11.6 Å². The summed E-state index contributed by atoms with van der Waals surface area (Å²) in [6, 6.07) is 0. The van der Waals surface area contributed by atoms with Gasteiger partial charge in [-0.1, -0.05) is 0 Å². The zero-order valence-electron chi connectivity index (χ0n) is 5.80. The average molecular weight is 138 g/mol. The van der Waals surface area contributed by atoms with Crippen LogP contribution in [0.1, 0.15) is 25.7 Å². The van der Waals surface area contributed by atoms with Crippen LogP contribution in [-0.4, -0.2) is 11.6 Å². The van der Waals surface area contributed by atoms with Crippen molar-refractivity contribution in [3.63, 3.8) is 0 Å². The maximum atomic E-state index is 11.0. The summed E-state index contributed by atoms with van der Waals surface area (Å²) in [5, 5.41) is 0. The van der Waals surface area contributed by atoms with Gasteiger partial charge in [0.25, 0.3) is 0 Å². The van der Waals surface area contributed by atoms with E-state index in [9.17, 15) is 9.59 Å². The van der Waals surface area contributed by atoms with Crippen molar-refractivity contribution < 1.29 is 9.59 Å². The lowest BCUT2D eigenvalue weighted by atomic mass is 9.64. The monoisotopic (exact) mass is 138 g/mol. The molecule has 0 saturated heterocycles. The van der Waals surface area contributed by atoms with Gasteiger partial charge >= 0.3 is 0 Å². The van der Waals surface area contributed by atoms with Gasteiger partial charge in [-0.05, 0) is 12.8 Å². The molecule has 0 heterocycles. The minimum atomic E-state index is 0.140. The summed E-state index contributed by atoms with van der Waals surface area (Å²) in [5.74, 6) is 0.939. The topological polar surface area (TPSA) is 34.1 Å². The number of fused-ring (bicyclic) bond motifs is 1. The molecule has 2 fully saturated rings. The lowest BCUT2D eigenvalue weighted by Crippen LogP contribution is -2.42. The summed E-state index contributed by atoms with van der Waals surface area (Å²) in [6.07, 6.45) is 2.96. The Morgan fingerprint density at radius 3 is 1.60 bits per heavy atom. The van der Waals surface area contributed by atoms with Crippen molar-refractivity contribution in [1.82, 2.24) is 0 Å². The summed E-state index contributed by atoms with van der Waals surface area (Å²) in [5.41, 5.74) is 0. The molecule has 0 radical (unpaired) electrons. The van der Waals surface area contributed by atoms with Gasteiger partial charge in [0.15, 0.2) is 0 Å². The van der Waals surface area contributed by atoms with E-state index in [2.05, 4.69) is 0 Å². The maximum Gasteiger partial charge on any atom is 0.137 e. The summed E-state index contributed by atoms with van der Waals surface area (Å²) in [4.78, 5) is 22.1. The number of hydrogen-bond donors (Lipinski definition) is 0. The first kappa shape index (κ1) is 6.08. The Morgan fingerprint density at radius 2 is 1.30 bits per heavy atom. The van der Waals surface area contributed by atoms with E-state index in [4.69, 9.17) is 0 Å². The second-order valence-corrected chi connectivity index (χ2v) is 3.22. The van der Waals surface area contributed by atoms with E-state index in [0.29, 0.717) is 24.4 Å². The highest BCUT2D eigenvalue weighted by atomic mass is 16.1. The van der Waals surface area contributed by atoms with Gasteiger partial charge in [0.1, 0.15) is 11.6 Å². The number of hydrogen-bond acceptors (Lipinski definition) is 2. The Morgan fingerprint density at radius 1 is 0.900 bits per heavy atom. The number of rotatable bonds is 0. The van der Waals surface area contributed by atoms with Crippen LogP contribution in [-0.2, 0) is 9.59 Å². The maximum absolute atomic E-state index is 11.0. The molecule has 0 bridgehead atoms. The number of carbonyl (C=O) groups is 2. The van der Waals surface area contributed by atoms with E-state index < -0.39 is 0 Å². The predicted molar refractivity (Wildman–Crippen MR) is 35.5 cm³/mol. The molecule has 0 aromatic rings. The minimum absolute atomic E-state index is 0.140. The van der Waals surface area contributed by atoms with E-state index in [0.717, 1.165) is 12.8 Å². The fraction of sp³-hybridized carbons (Fsp3) is 0.750. The molecule has 0 N–H and O–H groups in total. The van der Waals surface area contributed by atoms with Crippen molar-refractivity contribution in [3.05, 3.63) is 0 Å². The first-order valence-electron chi connectivity index (χ1n) is 3.84. The number of Topliss-reactive ketones (excluding diaryl/α,β-unsaturated/α-hetero) is 2. The highest BCUT2D eigenvalue weighted by molar-refractivity contribution is 5.97. The van der Waals surface area contributed by atoms with Crippen molar-refractivity contribution in [3.8, 4) is 0 Å². The highest BCUT2D eigenvalue weighted by Gasteiger charge is 2.43. The summed E-state index contributed by atoms with van der Waals surface area (Å²) in [6.45, 7) is 0. The third-order valence-corrected chi connectivity index (χ3v) is 2.72. The van der Waals surface area contributed by atoms with Gasteiger partial charge in [-0.3, -0.25) is 9.59 Å². The number of ketones is 2. The molecule has 10 heavy (non-hydrogen) atoms. The predicted octanol–water partition coefficient (Wildman–Crippen LogP) is 0.945. The van der Waals surface area contributed by atoms with Gasteiger partial charge in [-0.15, -0.1) is 0 Å². The smallest absolute Gasteiger partial charge is 0.137 e. The van der Waals surface area contributed by atoms with Crippen molar-refractivity contribution in [1.29, 1.82) is 0 Å². The van der Waals surface area contributed by atoms with Gasteiger partial charge in [0, 0.05) is 24.7 Å². The molecule has 0 amide bonds. The third-order valence-electron chi connectivity index (χ3n) is 2.72. The highest BCUT2D eigenvalue weighted by Crippen LogP contribution is 2.40. The molecule has 2 nitrogen and oxygen atoms in total. The Balaban J connectivity index is 2.16. The molecule has 2 atom stereocenters. The first-order chi connectivity index (χ1) is 4.79. The van der Waals surface area contributed by atoms with E-state index in [1.54, 1.807) is 0 Å². The zero-order valence-corrected chi connectivity index (χ0v) is 5.80. The normalized spacial score (nSPS) is 38.8. The van der Waals surface area contributed by atoms with Crippen LogP contribution in [0, 0.1) is 11.8 Å². The molecule has 2 heteroatoms. The average Bonchev–Trinajstić information content (AvgIpc) is 1.78. The molecule has 0 aromatic heterocycles. The van der Waals surface area contributed by atoms with Crippen molar-refractivity contribution in [2.45, 2.75) is 25.7 Å². The van der Waals surface area contributed by atoms with Gasteiger partial charge in [0.2, 0.25) is 0 Å². The van der Waals surface area contributed by atoms with Crippen LogP contribution in [0.4, 0.5) is 0 Å². The molecular formula is C8H10O2. The minimum Gasteiger partial charge on any atom is -0.299 e. The lowest BCUT2D eigenvalue weighted by molar-refractivity contribution is -0.143. The fourth-order valence-electron chi connectivity index (χ4n) is 1.89. The Bertz CT molecular complexity index is 173. The molecule has 2 aliphatic carbocycles. The second kappa shape index (κ2) is 1.91. The quantitative estimate of drug-likeness (QED) is 0.499. The molecule has 54 valence electrons. The Hall–Kier alpha value is -0.660. The van der Waals surface area contributed by atoms with Crippen LogP contribution in [0.25, 0.3) is 0 Å². The van der Waals surface area contributed by atoms with Crippen LogP contribution >= 0.6 is 0 Å². The molecule has 0 spiro atoms. The van der Waals surface area contributed by atoms with Crippen molar-refractivity contribution in [2.24, 2.45) is 11.8 Å². The summed E-state index contributed by atoms with van der Waals surface area (Å²) >= 11 is 0. The van der Waals surface area contributed by atoms with E-state index in [-0.39, 0.29) is 11.8 Å². The summed E-state index contributed by atoms with van der Waals surface area (Å²) < 4.78 is 0.